The highest BCUT2D eigenvalue weighted by Crippen LogP contribution is 2.46. The van der Waals surface area contributed by atoms with Crippen molar-refractivity contribution < 1.29 is 0 Å². The highest BCUT2D eigenvalue weighted by atomic mass is 15.4. The van der Waals surface area contributed by atoms with E-state index >= 15 is 0 Å². The highest BCUT2D eigenvalue weighted by molar-refractivity contribution is 5.81. The van der Waals surface area contributed by atoms with E-state index in [4.69, 9.17) is 0 Å². The van der Waals surface area contributed by atoms with Crippen LogP contribution in [0.5, 0.6) is 0 Å². The fraction of sp³-hybridized carbons (Fsp3) is 0.947. The van der Waals surface area contributed by atoms with Crippen LogP contribution in [-0.2, 0) is 0 Å². The second kappa shape index (κ2) is 7.42. The molecule has 4 heteroatoms. The van der Waals surface area contributed by atoms with Crippen LogP contribution >= 0.6 is 0 Å². The van der Waals surface area contributed by atoms with Crippen molar-refractivity contribution in [3.63, 3.8) is 0 Å². The van der Waals surface area contributed by atoms with Gasteiger partial charge in [0.2, 0.25) is 0 Å². The SMILES string of the molecule is CN=C(NCCCCN1CCCCC1C)N1CC(C)(C)C1(C)C. The molecular weight excluding hydrogens is 284 g/mol. The third-order valence-electron chi connectivity index (χ3n) is 6.45. The van der Waals surface area contributed by atoms with Crippen molar-refractivity contribution in [1.29, 1.82) is 0 Å². The smallest absolute Gasteiger partial charge is 0.194 e. The number of rotatable bonds is 5. The molecule has 1 unspecified atom stereocenters. The number of nitrogens with one attached hydrogen (secondary N) is 1. The zero-order valence-electron chi connectivity index (χ0n) is 16.3. The van der Waals surface area contributed by atoms with Gasteiger partial charge < -0.3 is 15.1 Å². The summed E-state index contributed by atoms with van der Waals surface area (Å²) < 4.78 is 0. The molecule has 23 heavy (non-hydrogen) atoms. The van der Waals surface area contributed by atoms with Crippen molar-refractivity contribution in [3.05, 3.63) is 0 Å². The molecule has 0 aromatic heterocycles. The Morgan fingerprint density at radius 3 is 2.48 bits per heavy atom. The maximum absolute atomic E-state index is 4.49. The number of guanidine groups is 1. The van der Waals surface area contributed by atoms with E-state index in [0.29, 0.717) is 5.41 Å². The first-order valence-corrected chi connectivity index (χ1v) is 9.52. The topological polar surface area (TPSA) is 30.9 Å². The summed E-state index contributed by atoms with van der Waals surface area (Å²) in [5.74, 6) is 1.07. The van der Waals surface area contributed by atoms with E-state index in [0.717, 1.165) is 25.1 Å². The molecule has 134 valence electrons. The molecule has 2 fully saturated rings. The molecule has 2 aliphatic rings. The second-order valence-electron chi connectivity index (χ2n) is 8.59. The van der Waals surface area contributed by atoms with Gasteiger partial charge in [0.05, 0.1) is 0 Å². The summed E-state index contributed by atoms with van der Waals surface area (Å²) in [6.07, 6.45) is 6.68. The van der Waals surface area contributed by atoms with E-state index in [1.54, 1.807) is 0 Å². The molecule has 4 nitrogen and oxygen atoms in total. The molecule has 0 amide bonds. The Morgan fingerprint density at radius 2 is 1.91 bits per heavy atom. The number of nitrogens with zero attached hydrogens (tertiary/aromatic N) is 3. The molecule has 2 saturated heterocycles. The quantitative estimate of drug-likeness (QED) is 0.478. The Kier molecular flexibility index (Phi) is 5.99. The molecule has 1 N–H and O–H groups in total. The summed E-state index contributed by atoms with van der Waals surface area (Å²) in [6.45, 7) is 16.4. The summed E-state index contributed by atoms with van der Waals surface area (Å²) in [5.41, 5.74) is 0.535. The first-order chi connectivity index (χ1) is 10.8. The van der Waals surface area contributed by atoms with E-state index in [9.17, 15) is 0 Å². The van der Waals surface area contributed by atoms with Gasteiger partial charge >= 0.3 is 0 Å². The molecule has 1 atom stereocenters. The Balaban J connectivity index is 1.67. The van der Waals surface area contributed by atoms with Crippen LogP contribution in [0.1, 0.15) is 66.7 Å². The van der Waals surface area contributed by atoms with Gasteiger partial charge in [-0.05, 0) is 59.5 Å². The highest BCUT2D eigenvalue weighted by Gasteiger charge is 2.53. The average molecular weight is 323 g/mol. The molecule has 2 aliphatic heterocycles. The Bertz CT molecular complexity index is 414. The third-order valence-corrected chi connectivity index (χ3v) is 6.45. The summed E-state index contributed by atoms with van der Waals surface area (Å²) in [4.78, 5) is 9.57. The number of hydrogen-bond donors (Lipinski definition) is 1. The van der Waals surface area contributed by atoms with Gasteiger partial charge in [-0.15, -0.1) is 0 Å². The lowest BCUT2D eigenvalue weighted by Crippen LogP contribution is -2.72. The van der Waals surface area contributed by atoms with Gasteiger partial charge in [0.15, 0.2) is 5.96 Å². The minimum absolute atomic E-state index is 0.179. The second-order valence-corrected chi connectivity index (χ2v) is 8.59. The molecule has 0 aromatic rings. The largest absolute Gasteiger partial charge is 0.356 e. The molecular formula is C19H38N4. The summed E-state index contributed by atoms with van der Waals surface area (Å²) in [5, 5.41) is 3.57. The lowest BCUT2D eigenvalue weighted by atomic mass is 9.65. The molecule has 2 rings (SSSR count). The molecule has 0 spiro atoms. The van der Waals surface area contributed by atoms with Crippen molar-refractivity contribution in [1.82, 2.24) is 15.1 Å². The zero-order chi connectivity index (χ0) is 17.1. The number of likely N-dealkylation sites (tertiary alicyclic amines) is 2. The van der Waals surface area contributed by atoms with Crippen LogP contribution in [0.15, 0.2) is 4.99 Å². The van der Waals surface area contributed by atoms with Gasteiger partial charge in [-0.25, -0.2) is 0 Å². The van der Waals surface area contributed by atoms with E-state index < -0.39 is 0 Å². The third kappa shape index (κ3) is 4.01. The monoisotopic (exact) mass is 322 g/mol. The van der Waals surface area contributed by atoms with Crippen LogP contribution in [0.25, 0.3) is 0 Å². The first-order valence-electron chi connectivity index (χ1n) is 9.52. The van der Waals surface area contributed by atoms with Crippen molar-refractivity contribution in [3.8, 4) is 0 Å². The van der Waals surface area contributed by atoms with Crippen molar-refractivity contribution in [2.45, 2.75) is 78.3 Å². The fourth-order valence-corrected chi connectivity index (χ4v) is 3.83. The van der Waals surface area contributed by atoms with Crippen molar-refractivity contribution in [2.24, 2.45) is 10.4 Å². The average Bonchev–Trinajstić information content (AvgIpc) is 2.51. The first kappa shape index (κ1) is 18.6. The van der Waals surface area contributed by atoms with E-state index in [1.165, 1.54) is 45.2 Å². The van der Waals surface area contributed by atoms with Gasteiger partial charge in [0.1, 0.15) is 0 Å². The minimum Gasteiger partial charge on any atom is -0.356 e. The van der Waals surface area contributed by atoms with Gasteiger partial charge in [-0.1, -0.05) is 20.3 Å². The van der Waals surface area contributed by atoms with Crippen LogP contribution in [0.2, 0.25) is 0 Å². The maximum Gasteiger partial charge on any atom is 0.194 e. The van der Waals surface area contributed by atoms with E-state index in [1.807, 2.05) is 7.05 Å². The normalized spacial score (nSPS) is 27.7. The number of unbranched alkanes of at least 4 members (excludes halogenated alkanes) is 1. The Hall–Kier alpha value is -0.770. The zero-order valence-corrected chi connectivity index (χ0v) is 16.3. The number of piperidine rings is 1. The van der Waals surface area contributed by atoms with Crippen LogP contribution in [-0.4, -0.2) is 60.6 Å². The van der Waals surface area contributed by atoms with Gasteiger partial charge in [-0.2, -0.15) is 0 Å². The van der Waals surface area contributed by atoms with Crippen molar-refractivity contribution >= 4 is 5.96 Å². The molecule has 0 aromatic carbocycles. The number of hydrogen-bond acceptors (Lipinski definition) is 2. The van der Waals surface area contributed by atoms with Gasteiger partial charge in [-0.3, -0.25) is 4.99 Å². The maximum atomic E-state index is 4.49. The lowest BCUT2D eigenvalue weighted by molar-refractivity contribution is -0.0667. The number of aliphatic imine (C=N–C) groups is 1. The molecule has 0 aliphatic carbocycles. The minimum atomic E-state index is 0.179. The standard InChI is InChI=1S/C19H38N4/c1-16-11-7-9-13-22(16)14-10-8-12-21-17(20-6)23-15-18(2,3)19(23,4)5/h16H,7-15H2,1-6H3,(H,20,21). The Labute approximate surface area is 143 Å². The molecule has 0 saturated carbocycles. The van der Waals surface area contributed by atoms with Crippen LogP contribution in [0.4, 0.5) is 0 Å². The lowest BCUT2D eigenvalue weighted by Gasteiger charge is -2.62. The Morgan fingerprint density at radius 1 is 1.17 bits per heavy atom. The summed E-state index contributed by atoms with van der Waals surface area (Å²) >= 11 is 0. The molecule has 2 heterocycles. The fourth-order valence-electron chi connectivity index (χ4n) is 3.83. The van der Waals surface area contributed by atoms with E-state index in [-0.39, 0.29) is 5.54 Å². The predicted molar refractivity (Wildman–Crippen MR) is 100 cm³/mol. The molecule has 0 bridgehead atoms. The van der Waals surface area contributed by atoms with Crippen LogP contribution in [0.3, 0.4) is 0 Å². The van der Waals surface area contributed by atoms with E-state index in [2.05, 4.69) is 54.7 Å². The van der Waals surface area contributed by atoms with Crippen LogP contribution in [0, 0.1) is 5.41 Å². The van der Waals surface area contributed by atoms with Gasteiger partial charge in [0, 0.05) is 37.1 Å². The van der Waals surface area contributed by atoms with Crippen molar-refractivity contribution in [2.75, 3.05) is 33.2 Å². The van der Waals surface area contributed by atoms with Crippen LogP contribution < -0.4 is 5.32 Å². The summed E-state index contributed by atoms with van der Waals surface area (Å²) in [6, 6.07) is 0.786. The molecule has 0 radical (unpaired) electrons. The predicted octanol–water partition coefficient (Wildman–Crippen LogP) is 3.34. The van der Waals surface area contributed by atoms with Gasteiger partial charge in [0.25, 0.3) is 0 Å². The summed E-state index contributed by atoms with van der Waals surface area (Å²) in [7, 11) is 1.90.